The SMILES string of the molecule is CCNC(=NCCCc1cccc(F)c1)NC1CC2CCC1O2. The number of fused-ring (bicyclic) bond motifs is 2. The van der Waals surface area contributed by atoms with Crippen molar-refractivity contribution in [3.8, 4) is 0 Å². The van der Waals surface area contributed by atoms with Crippen LogP contribution in [0, 0.1) is 5.82 Å². The first-order valence-corrected chi connectivity index (χ1v) is 8.69. The monoisotopic (exact) mass is 319 g/mol. The molecule has 0 radical (unpaired) electrons. The summed E-state index contributed by atoms with van der Waals surface area (Å²) in [6.07, 6.45) is 5.97. The molecule has 0 aliphatic carbocycles. The molecule has 2 aliphatic heterocycles. The lowest BCUT2D eigenvalue weighted by molar-refractivity contribution is 0.0992. The number of nitrogens with zero attached hydrogens (tertiary/aromatic N) is 1. The molecule has 2 heterocycles. The summed E-state index contributed by atoms with van der Waals surface area (Å²) in [5, 5.41) is 6.81. The third-order valence-corrected chi connectivity index (χ3v) is 4.55. The van der Waals surface area contributed by atoms with Crippen molar-refractivity contribution >= 4 is 5.96 Å². The largest absolute Gasteiger partial charge is 0.373 e. The van der Waals surface area contributed by atoms with Crippen LogP contribution in [0.1, 0.15) is 38.2 Å². The second kappa shape index (κ2) is 7.77. The molecule has 3 atom stereocenters. The second-order valence-electron chi connectivity index (χ2n) is 6.35. The van der Waals surface area contributed by atoms with Crippen molar-refractivity contribution < 1.29 is 9.13 Å². The van der Waals surface area contributed by atoms with Crippen LogP contribution in [0.5, 0.6) is 0 Å². The van der Waals surface area contributed by atoms with Gasteiger partial charge in [0.05, 0.1) is 18.2 Å². The maximum atomic E-state index is 13.1. The molecule has 1 aromatic rings. The molecule has 2 N–H and O–H groups in total. The molecule has 2 saturated heterocycles. The van der Waals surface area contributed by atoms with Crippen molar-refractivity contribution in [2.45, 2.75) is 57.3 Å². The summed E-state index contributed by atoms with van der Waals surface area (Å²) in [6.45, 7) is 3.65. The standard InChI is InChI=1S/C18H26FN3O/c1-2-20-18(22-16-12-15-8-9-17(16)23-15)21-10-4-6-13-5-3-7-14(19)11-13/h3,5,7,11,15-17H,2,4,6,8-10,12H2,1H3,(H2,20,21,22). The van der Waals surface area contributed by atoms with Crippen molar-refractivity contribution in [3.05, 3.63) is 35.6 Å². The summed E-state index contributed by atoms with van der Waals surface area (Å²) in [4.78, 5) is 4.64. The van der Waals surface area contributed by atoms with E-state index in [1.165, 1.54) is 12.5 Å². The molecule has 5 heteroatoms. The van der Waals surface area contributed by atoms with Crippen LogP contribution >= 0.6 is 0 Å². The number of aliphatic imine (C=N–C) groups is 1. The number of benzene rings is 1. The van der Waals surface area contributed by atoms with E-state index in [1.54, 1.807) is 12.1 Å². The Bertz CT molecular complexity index is 549. The number of guanidine groups is 1. The Morgan fingerprint density at radius 1 is 1.39 bits per heavy atom. The van der Waals surface area contributed by atoms with Crippen LogP contribution in [-0.2, 0) is 11.2 Å². The van der Waals surface area contributed by atoms with Crippen LogP contribution in [0.2, 0.25) is 0 Å². The van der Waals surface area contributed by atoms with Crippen molar-refractivity contribution in [1.82, 2.24) is 10.6 Å². The van der Waals surface area contributed by atoms with E-state index in [0.717, 1.165) is 50.3 Å². The van der Waals surface area contributed by atoms with Gasteiger partial charge in [-0.25, -0.2) is 4.39 Å². The number of aryl methyl sites for hydroxylation is 1. The average Bonchev–Trinajstić information content (AvgIpc) is 3.14. The van der Waals surface area contributed by atoms with E-state index in [9.17, 15) is 4.39 Å². The maximum Gasteiger partial charge on any atom is 0.191 e. The summed E-state index contributed by atoms with van der Waals surface area (Å²) < 4.78 is 19.0. The Kier molecular flexibility index (Phi) is 5.49. The molecule has 0 amide bonds. The minimum absolute atomic E-state index is 0.169. The van der Waals surface area contributed by atoms with Gasteiger partial charge in [-0.3, -0.25) is 4.99 Å². The maximum absolute atomic E-state index is 13.1. The number of hydrogen-bond donors (Lipinski definition) is 2. The number of rotatable bonds is 6. The summed E-state index contributed by atoms with van der Waals surface area (Å²) in [6, 6.07) is 7.18. The van der Waals surface area contributed by atoms with Crippen LogP contribution < -0.4 is 10.6 Å². The summed E-state index contributed by atoms with van der Waals surface area (Å²) in [5.74, 6) is 0.699. The lowest BCUT2D eigenvalue weighted by atomic mass is 9.96. The third kappa shape index (κ3) is 4.44. The highest BCUT2D eigenvalue weighted by atomic mass is 19.1. The van der Waals surface area contributed by atoms with Crippen molar-refractivity contribution in [2.75, 3.05) is 13.1 Å². The summed E-state index contributed by atoms with van der Waals surface area (Å²) in [7, 11) is 0. The van der Waals surface area contributed by atoms with Gasteiger partial charge in [0.15, 0.2) is 5.96 Å². The summed E-state index contributed by atoms with van der Waals surface area (Å²) >= 11 is 0. The molecule has 1 aromatic carbocycles. The molecule has 0 spiro atoms. The highest BCUT2D eigenvalue weighted by molar-refractivity contribution is 5.80. The Labute approximate surface area is 137 Å². The van der Waals surface area contributed by atoms with Crippen LogP contribution in [0.4, 0.5) is 4.39 Å². The molecule has 0 aromatic heterocycles. The zero-order valence-corrected chi connectivity index (χ0v) is 13.7. The fourth-order valence-corrected chi connectivity index (χ4v) is 3.45. The Balaban J connectivity index is 1.46. The molecular formula is C18H26FN3O. The number of halogens is 1. The first-order chi connectivity index (χ1) is 11.2. The molecule has 4 nitrogen and oxygen atoms in total. The van der Waals surface area contributed by atoms with Gasteiger partial charge < -0.3 is 15.4 Å². The minimum Gasteiger partial charge on any atom is -0.373 e. The predicted molar refractivity (Wildman–Crippen MR) is 90.1 cm³/mol. The van der Waals surface area contributed by atoms with Crippen LogP contribution in [0.15, 0.2) is 29.3 Å². The normalized spacial score (nSPS) is 26.5. The highest BCUT2D eigenvalue weighted by Gasteiger charge is 2.41. The van der Waals surface area contributed by atoms with Gasteiger partial charge in [0.2, 0.25) is 0 Å². The molecule has 3 unspecified atom stereocenters. The lowest BCUT2D eigenvalue weighted by Crippen LogP contribution is -2.47. The van der Waals surface area contributed by atoms with Crippen molar-refractivity contribution in [2.24, 2.45) is 4.99 Å². The minimum atomic E-state index is -0.169. The van der Waals surface area contributed by atoms with E-state index in [4.69, 9.17) is 4.74 Å². The van der Waals surface area contributed by atoms with Gasteiger partial charge >= 0.3 is 0 Å². The van der Waals surface area contributed by atoms with Gasteiger partial charge in [-0.1, -0.05) is 12.1 Å². The number of ether oxygens (including phenoxy) is 1. The van der Waals surface area contributed by atoms with Crippen LogP contribution in [-0.4, -0.2) is 37.3 Å². The Hall–Kier alpha value is -1.62. The van der Waals surface area contributed by atoms with Gasteiger partial charge in [-0.05, 0) is 56.7 Å². The van der Waals surface area contributed by atoms with Crippen molar-refractivity contribution in [3.63, 3.8) is 0 Å². The first kappa shape index (κ1) is 16.2. The molecule has 2 aliphatic rings. The van der Waals surface area contributed by atoms with Gasteiger partial charge in [-0.2, -0.15) is 0 Å². The Morgan fingerprint density at radius 3 is 3.00 bits per heavy atom. The number of hydrogen-bond acceptors (Lipinski definition) is 2. The molecule has 126 valence electrons. The fraction of sp³-hybridized carbons (Fsp3) is 0.611. The topological polar surface area (TPSA) is 45.7 Å². The molecule has 2 fully saturated rings. The van der Waals surface area contributed by atoms with Gasteiger partial charge in [-0.15, -0.1) is 0 Å². The molecule has 0 saturated carbocycles. The zero-order valence-electron chi connectivity index (χ0n) is 13.7. The van der Waals surface area contributed by atoms with Gasteiger partial charge in [0.25, 0.3) is 0 Å². The first-order valence-electron chi connectivity index (χ1n) is 8.69. The van der Waals surface area contributed by atoms with Gasteiger partial charge in [0.1, 0.15) is 5.82 Å². The van der Waals surface area contributed by atoms with Crippen LogP contribution in [0.3, 0.4) is 0 Å². The Morgan fingerprint density at radius 2 is 2.30 bits per heavy atom. The van der Waals surface area contributed by atoms with Crippen molar-refractivity contribution in [1.29, 1.82) is 0 Å². The molecular weight excluding hydrogens is 293 g/mol. The zero-order chi connectivity index (χ0) is 16.1. The summed E-state index contributed by atoms with van der Waals surface area (Å²) in [5.41, 5.74) is 1.03. The molecule has 23 heavy (non-hydrogen) atoms. The van der Waals surface area contributed by atoms with E-state index < -0.39 is 0 Å². The molecule has 3 rings (SSSR count). The second-order valence-corrected chi connectivity index (χ2v) is 6.35. The lowest BCUT2D eigenvalue weighted by Gasteiger charge is -2.22. The van der Waals surface area contributed by atoms with E-state index in [1.807, 2.05) is 6.07 Å². The average molecular weight is 319 g/mol. The highest BCUT2D eigenvalue weighted by Crippen LogP contribution is 2.34. The van der Waals surface area contributed by atoms with E-state index in [2.05, 4.69) is 22.5 Å². The fourth-order valence-electron chi connectivity index (χ4n) is 3.45. The van der Waals surface area contributed by atoms with E-state index in [-0.39, 0.29) is 5.82 Å². The van der Waals surface area contributed by atoms with Crippen LogP contribution in [0.25, 0.3) is 0 Å². The van der Waals surface area contributed by atoms with E-state index in [0.29, 0.717) is 18.2 Å². The molecule has 2 bridgehead atoms. The predicted octanol–water partition coefficient (Wildman–Crippen LogP) is 2.63. The van der Waals surface area contributed by atoms with E-state index >= 15 is 0 Å². The number of nitrogens with one attached hydrogen (secondary N) is 2. The van der Waals surface area contributed by atoms with Gasteiger partial charge in [0, 0.05) is 13.1 Å². The quantitative estimate of drug-likeness (QED) is 0.481. The smallest absolute Gasteiger partial charge is 0.191 e. The third-order valence-electron chi connectivity index (χ3n) is 4.55.